The van der Waals surface area contributed by atoms with Gasteiger partial charge in [-0.25, -0.2) is 4.79 Å². The number of aromatic amines is 1. The molecule has 1 aliphatic carbocycles. The molecule has 0 atom stereocenters. The summed E-state index contributed by atoms with van der Waals surface area (Å²) in [6, 6.07) is 5.66. The molecule has 0 spiro atoms. The fourth-order valence-electron chi connectivity index (χ4n) is 3.52. The molecule has 1 heterocycles. The molecule has 1 aromatic carbocycles. The van der Waals surface area contributed by atoms with Gasteiger partial charge in [-0.05, 0) is 30.5 Å². The summed E-state index contributed by atoms with van der Waals surface area (Å²) < 4.78 is 41.6. The zero-order valence-corrected chi connectivity index (χ0v) is 13.1. The number of nitrogens with zero attached hydrogens (tertiary/aromatic N) is 2. The van der Waals surface area contributed by atoms with Crippen molar-refractivity contribution in [3.05, 3.63) is 41.2 Å². The van der Waals surface area contributed by atoms with Crippen LogP contribution in [0.3, 0.4) is 0 Å². The monoisotopic (exact) mass is 355 g/mol. The molecular weight excluding hydrogens is 339 g/mol. The van der Waals surface area contributed by atoms with Crippen LogP contribution in [0, 0.1) is 0 Å². The largest absolute Gasteiger partial charge is 0.573 e. The number of hydrogen-bond acceptors (Lipinski definition) is 4. The van der Waals surface area contributed by atoms with Gasteiger partial charge in [0.05, 0.1) is 0 Å². The SMILES string of the molecule is O=C(O)c1[nH]nnc1C1(c2cccc(OC(F)(F)F)c2)CCCCC1. The minimum Gasteiger partial charge on any atom is -0.476 e. The number of carboxylic acid groups (broad SMARTS) is 1. The number of halogens is 3. The van der Waals surface area contributed by atoms with Gasteiger partial charge >= 0.3 is 12.3 Å². The maximum absolute atomic E-state index is 12.5. The molecule has 0 saturated heterocycles. The summed E-state index contributed by atoms with van der Waals surface area (Å²) in [5.74, 6) is -1.54. The van der Waals surface area contributed by atoms with E-state index >= 15 is 0 Å². The highest BCUT2D eigenvalue weighted by atomic mass is 19.4. The topological polar surface area (TPSA) is 88.1 Å². The maximum Gasteiger partial charge on any atom is 0.573 e. The minimum absolute atomic E-state index is 0.135. The molecule has 1 aromatic heterocycles. The van der Waals surface area contributed by atoms with Crippen molar-refractivity contribution in [1.29, 1.82) is 0 Å². The fourth-order valence-corrected chi connectivity index (χ4v) is 3.52. The summed E-state index contributed by atoms with van der Waals surface area (Å²) in [7, 11) is 0. The van der Waals surface area contributed by atoms with Gasteiger partial charge in [0.2, 0.25) is 0 Å². The van der Waals surface area contributed by atoms with Gasteiger partial charge in [0.15, 0.2) is 5.69 Å². The molecular formula is C16H16F3N3O3. The van der Waals surface area contributed by atoms with Crippen LogP contribution in [0.15, 0.2) is 24.3 Å². The Morgan fingerprint density at radius 3 is 2.60 bits per heavy atom. The Bertz CT molecular complexity index is 767. The van der Waals surface area contributed by atoms with Gasteiger partial charge in [-0.3, -0.25) is 5.10 Å². The standard InChI is InChI=1S/C16H16F3N3O3/c17-16(18,19)25-11-6-4-5-10(9-11)15(7-2-1-3-8-15)13-12(14(23)24)20-22-21-13/h4-6,9H,1-3,7-8H2,(H,23,24)(H,20,21,22). The van der Waals surface area contributed by atoms with Crippen molar-refractivity contribution in [3.63, 3.8) is 0 Å². The van der Waals surface area contributed by atoms with E-state index in [1.54, 1.807) is 6.07 Å². The third kappa shape index (κ3) is 3.45. The average Bonchev–Trinajstić information content (AvgIpc) is 3.04. The zero-order valence-electron chi connectivity index (χ0n) is 13.1. The Morgan fingerprint density at radius 1 is 1.24 bits per heavy atom. The molecule has 25 heavy (non-hydrogen) atoms. The van der Waals surface area contributed by atoms with Crippen LogP contribution < -0.4 is 4.74 Å². The summed E-state index contributed by atoms with van der Waals surface area (Å²) >= 11 is 0. The van der Waals surface area contributed by atoms with Gasteiger partial charge in [0.1, 0.15) is 11.4 Å². The molecule has 2 aromatic rings. The van der Waals surface area contributed by atoms with E-state index in [1.165, 1.54) is 18.2 Å². The Kier molecular flexibility index (Phi) is 4.40. The van der Waals surface area contributed by atoms with Gasteiger partial charge < -0.3 is 9.84 Å². The lowest BCUT2D eigenvalue weighted by Gasteiger charge is -2.36. The highest BCUT2D eigenvalue weighted by Crippen LogP contribution is 2.45. The smallest absolute Gasteiger partial charge is 0.476 e. The molecule has 0 amide bonds. The number of alkyl halides is 3. The number of nitrogens with one attached hydrogen (secondary N) is 1. The van der Waals surface area contributed by atoms with Crippen molar-refractivity contribution in [3.8, 4) is 5.75 Å². The van der Waals surface area contributed by atoms with Crippen molar-refractivity contribution >= 4 is 5.97 Å². The summed E-state index contributed by atoms with van der Waals surface area (Å²) in [5.41, 5.74) is -0.137. The molecule has 3 rings (SSSR count). The molecule has 6 nitrogen and oxygen atoms in total. The molecule has 0 radical (unpaired) electrons. The lowest BCUT2D eigenvalue weighted by molar-refractivity contribution is -0.274. The Morgan fingerprint density at radius 2 is 1.96 bits per heavy atom. The molecule has 1 saturated carbocycles. The molecule has 9 heteroatoms. The summed E-state index contributed by atoms with van der Waals surface area (Å²) in [6.07, 6.45) is -1.03. The van der Waals surface area contributed by atoms with E-state index in [1.807, 2.05) is 0 Å². The molecule has 1 fully saturated rings. The number of H-pyrrole nitrogens is 1. The normalized spacial score (nSPS) is 17.2. The number of carboxylic acids is 1. The fraction of sp³-hybridized carbons (Fsp3) is 0.438. The van der Waals surface area contributed by atoms with Crippen LogP contribution in [0.2, 0.25) is 0 Å². The van der Waals surface area contributed by atoms with Crippen molar-refractivity contribution in [1.82, 2.24) is 15.4 Å². The first-order valence-electron chi connectivity index (χ1n) is 7.83. The predicted molar refractivity (Wildman–Crippen MR) is 80.3 cm³/mol. The molecule has 0 bridgehead atoms. The van der Waals surface area contributed by atoms with Crippen molar-refractivity contribution in [2.75, 3.05) is 0 Å². The number of carbonyl (C=O) groups is 1. The van der Waals surface area contributed by atoms with Crippen molar-refractivity contribution in [2.45, 2.75) is 43.9 Å². The number of rotatable bonds is 4. The van der Waals surface area contributed by atoms with E-state index in [9.17, 15) is 23.1 Å². The van der Waals surface area contributed by atoms with Crippen LogP contribution in [0.5, 0.6) is 5.75 Å². The summed E-state index contributed by atoms with van der Waals surface area (Å²) in [6.45, 7) is 0. The predicted octanol–water partition coefficient (Wildman–Crippen LogP) is 3.65. The highest BCUT2D eigenvalue weighted by Gasteiger charge is 2.42. The number of ether oxygens (including phenoxy) is 1. The number of hydrogen-bond donors (Lipinski definition) is 2. The summed E-state index contributed by atoms with van der Waals surface area (Å²) in [5, 5.41) is 19.3. The van der Waals surface area contributed by atoms with Crippen LogP contribution in [-0.4, -0.2) is 32.8 Å². The summed E-state index contributed by atoms with van der Waals surface area (Å²) in [4.78, 5) is 11.5. The van der Waals surface area contributed by atoms with Crippen molar-refractivity contribution in [2.24, 2.45) is 0 Å². The second-order valence-electron chi connectivity index (χ2n) is 6.06. The van der Waals surface area contributed by atoms with E-state index in [2.05, 4.69) is 20.1 Å². The van der Waals surface area contributed by atoms with Gasteiger partial charge in [0, 0.05) is 5.41 Å². The van der Waals surface area contributed by atoms with E-state index in [4.69, 9.17) is 0 Å². The van der Waals surface area contributed by atoms with Gasteiger partial charge in [-0.15, -0.1) is 18.3 Å². The first kappa shape index (κ1) is 17.2. The third-order valence-corrected chi connectivity index (χ3v) is 4.54. The second kappa shape index (κ2) is 6.38. The van der Waals surface area contributed by atoms with E-state index in [0.717, 1.165) is 19.3 Å². The average molecular weight is 355 g/mol. The maximum atomic E-state index is 12.5. The molecule has 0 unspecified atom stereocenters. The Hall–Kier alpha value is -2.58. The first-order chi connectivity index (χ1) is 11.8. The minimum atomic E-state index is -4.79. The van der Waals surface area contributed by atoms with Crippen LogP contribution in [0.1, 0.15) is 53.8 Å². The third-order valence-electron chi connectivity index (χ3n) is 4.54. The van der Waals surface area contributed by atoms with Crippen LogP contribution >= 0.6 is 0 Å². The molecule has 134 valence electrons. The Labute approximate surface area is 141 Å². The number of benzene rings is 1. The molecule has 0 aliphatic heterocycles. The van der Waals surface area contributed by atoms with Gasteiger partial charge in [-0.1, -0.05) is 36.6 Å². The molecule has 1 aliphatic rings. The van der Waals surface area contributed by atoms with E-state index in [-0.39, 0.29) is 17.1 Å². The number of aromatic carboxylic acids is 1. The van der Waals surface area contributed by atoms with Crippen molar-refractivity contribution < 1.29 is 27.8 Å². The second-order valence-corrected chi connectivity index (χ2v) is 6.06. The van der Waals surface area contributed by atoms with Crippen LogP contribution in [0.25, 0.3) is 0 Å². The zero-order chi connectivity index (χ0) is 18.1. The van der Waals surface area contributed by atoms with Crippen LogP contribution in [-0.2, 0) is 5.41 Å². The van der Waals surface area contributed by atoms with Crippen LogP contribution in [0.4, 0.5) is 13.2 Å². The Balaban J connectivity index is 2.09. The quantitative estimate of drug-likeness (QED) is 0.874. The van der Waals surface area contributed by atoms with E-state index < -0.39 is 17.7 Å². The highest BCUT2D eigenvalue weighted by molar-refractivity contribution is 5.87. The van der Waals surface area contributed by atoms with Gasteiger partial charge in [-0.2, -0.15) is 0 Å². The lowest BCUT2D eigenvalue weighted by atomic mass is 9.67. The van der Waals surface area contributed by atoms with Gasteiger partial charge in [0.25, 0.3) is 0 Å². The van der Waals surface area contributed by atoms with E-state index in [0.29, 0.717) is 18.4 Å². The molecule has 2 N–H and O–H groups in total. The lowest BCUT2D eigenvalue weighted by Crippen LogP contribution is -2.33. The first-order valence-corrected chi connectivity index (χ1v) is 7.83. The number of aromatic nitrogens is 3.